The molecule has 1 heterocycles. The maximum absolute atomic E-state index is 12.4. The summed E-state index contributed by atoms with van der Waals surface area (Å²) in [7, 11) is 0. The van der Waals surface area contributed by atoms with Gasteiger partial charge in [-0.3, -0.25) is 4.90 Å². The number of hydrogen-bond donors (Lipinski definition) is 1. The van der Waals surface area contributed by atoms with Crippen LogP contribution < -0.4 is 5.32 Å². The number of hydrogen-bond acceptors (Lipinski definition) is 2. The molecular weight excluding hydrogens is 222 g/mol. The lowest BCUT2D eigenvalue weighted by molar-refractivity contribution is 0.0555. The molecule has 2 nitrogen and oxygen atoms in total. The van der Waals surface area contributed by atoms with E-state index >= 15 is 0 Å². The van der Waals surface area contributed by atoms with Gasteiger partial charge in [-0.1, -0.05) is 30.3 Å². The summed E-state index contributed by atoms with van der Waals surface area (Å²) in [5.41, 5.74) is 0.924. The first kappa shape index (κ1) is 12.5. The predicted molar refractivity (Wildman–Crippen MR) is 64.2 cm³/mol. The first-order chi connectivity index (χ1) is 8.10. The first-order valence-corrected chi connectivity index (χ1v) is 5.91. The lowest BCUT2D eigenvalue weighted by Gasteiger charge is -2.41. The number of piperazine rings is 1. The van der Waals surface area contributed by atoms with Crippen LogP contribution in [0.15, 0.2) is 30.3 Å². The monoisotopic (exact) mass is 240 g/mol. The zero-order chi connectivity index (χ0) is 12.3. The Morgan fingerprint density at radius 3 is 2.71 bits per heavy atom. The maximum Gasteiger partial charge on any atom is 0.251 e. The standard InChI is InChI=1S/C13H18F2N2/c1-13(11-5-3-2-4-6-11)10-17(8-7-16-13)9-12(14)15/h2-6,12,16H,7-10H2,1H3. The Labute approximate surface area is 101 Å². The van der Waals surface area contributed by atoms with Crippen molar-refractivity contribution in [1.29, 1.82) is 0 Å². The highest BCUT2D eigenvalue weighted by Gasteiger charge is 2.32. The molecule has 0 spiro atoms. The van der Waals surface area contributed by atoms with Crippen molar-refractivity contribution in [3.8, 4) is 0 Å². The summed E-state index contributed by atoms with van der Waals surface area (Å²) in [6.07, 6.45) is -2.26. The van der Waals surface area contributed by atoms with Crippen LogP contribution in [-0.4, -0.2) is 37.5 Å². The molecule has 17 heavy (non-hydrogen) atoms. The van der Waals surface area contributed by atoms with Gasteiger partial charge >= 0.3 is 0 Å². The molecule has 1 aliphatic heterocycles. The van der Waals surface area contributed by atoms with E-state index in [9.17, 15) is 8.78 Å². The van der Waals surface area contributed by atoms with Gasteiger partial charge in [-0.15, -0.1) is 0 Å². The Hall–Kier alpha value is -1.00. The summed E-state index contributed by atoms with van der Waals surface area (Å²) in [6, 6.07) is 10.0. The van der Waals surface area contributed by atoms with Crippen LogP contribution in [0, 0.1) is 0 Å². The molecule has 1 N–H and O–H groups in total. The third-order valence-corrected chi connectivity index (χ3v) is 3.29. The van der Waals surface area contributed by atoms with Crippen molar-refractivity contribution in [2.24, 2.45) is 0 Å². The Bertz CT molecular complexity index is 356. The van der Waals surface area contributed by atoms with Gasteiger partial charge in [-0.2, -0.15) is 0 Å². The number of rotatable bonds is 3. The highest BCUT2D eigenvalue weighted by Crippen LogP contribution is 2.24. The maximum atomic E-state index is 12.4. The number of halogens is 2. The number of nitrogens with zero attached hydrogens (tertiary/aromatic N) is 1. The molecule has 1 fully saturated rings. The van der Waals surface area contributed by atoms with Gasteiger partial charge in [0.1, 0.15) is 0 Å². The van der Waals surface area contributed by atoms with Crippen LogP contribution in [0.5, 0.6) is 0 Å². The minimum absolute atomic E-state index is 0.135. The second-order valence-corrected chi connectivity index (χ2v) is 4.75. The van der Waals surface area contributed by atoms with Crippen LogP contribution in [0.1, 0.15) is 12.5 Å². The van der Waals surface area contributed by atoms with Crippen LogP contribution in [0.25, 0.3) is 0 Å². The summed E-state index contributed by atoms with van der Waals surface area (Å²) in [4.78, 5) is 1.83. The minimum Gasteiger partial charge on any atom is -0.305 e. The molecule has 0 aromatic heterocycles. The van der Waals surface area contributed by atoms with Gasteiger partial charge < -0.3 is 5.32 Å². The predicted octanol–water partition coefficient (Wildman–Crippen LogP) is 2.07. The first-order valence-electron chi connectivity index (χ1n) is 5.91. The quantitative estimate of drug-likeness (QED) is 0.870. The van der Waals surface area contributed by atoms with Crippen molar-refractivity contribution in [2.45, 2.75) is 18.9 Å². The number of alkyl halides is 2. The van der Waals surface area contributed by atoms with Crippen LogP contribution in [0.4, 0.5) is 8.78 Å². The van der Waals surface area contributed by atoms with Crippen molar-refractivity contribution in [2.75, 3.05) is 26.2 Å². The molecule has 1 saturated heterocycles. The highest BCUT2D eigenvalue weighted by molar-refractivity contribution is 5.24. The van der Waals surface area contributed by atoms with Crippen LogP contribution in [0.3, 0.4) is 0 Å². The molecule has 1 aromatic rings. The van der Waals surface area contributed by atoms with E-state index in [-0.39, 0.29) is 12.1 Å². The summed E-state index contributed by atoms with van der Waals surface area (Å²) in [5, 5.41) is 3.43. The molecule has 0 aliphatic carbocycles. The normalized spacial score (nSPS) is 26.4. The third kappa shape index (κ3) is 3.01. The summed E-state index contributed by atoms with van der Waals surface area (Å²) < 4.78 is 24.8. The summed E-state index contributed by atoms with van der Waals surface area (Å²) >= 11 is 0. The van der Waals surface area contributed by atoms with Crippen molar-refractivity contribution >= 4 is 0 Å². The van der Waals surface area contributed by atoms with Crippen LogP contribution in [-0.2, 0) is 5.54 Å². The van der Waals surface area contributed by atoms with E-state index in [0.29, 0.717) is 13.1 Å². The van der Waals surface area contributed by atoms with Crippen molar-refractivity contribution in [3.05, 3.63) is 35.9 Å². The van der Waals surface area contributed by atoms with Gasteiger partial charge in [0, 0.05) is 19.6 Å². The Kier molecular flexibility index (Phi) is 3.74. The van der Waals surface area contributed by atoms with E-state index in [1.807, 2.05) is 35.2 Å². The van der Waals surface area contributed by atoms with E-state index in [0.717, 1.165) is 12.1 Å². The molecule has 1 unspecified atom stereocenters. The molecule has 0 amide bonds. The van der Waals surface area contributed by atoms with Gasteiger partial charge in [-0.25, -0.2) is 8.78 Å². The van der Waals surface area contributed by atoms with Crippen LogP contribution >= 0.6 is 0 Å². The van der Waals surface area contributed by atoms with E-state index in [4.69, 9.17) is 0 Å². The molecule has 94 valence electrons. The Balaban J connectivity index is 2.10. The fourth-order valence-electron chi connectivity index (χ4n) is 2.42. The van der Waals surface area contributed by atoms with Gasteiger partial charge in [0.05, 0.1) is 12.1 Å². The molecular formula is C13H18F2N2. The molecule has 0 radical (unpaired) electrons. The van der Waals surface area contributed by atoms with E-state index < -0.39 is 6.43 Å². The average molecular weight is 240 g/mol. The molecule has 1 aromatic carbocycles. The fraction of sp³-hybridized carbons (Fsp3) is 0.538. The lowest BCUT2D eigenvalue weighted by atomic mass is 9.90. The number of nitrogens with one attached hydrogen (secondary N) is 1. The second-order valence-electron chi connectivity index (χ2n) is 4.75. The number of benzene rings is 1. The zero-order valence-electron chi connectivity index (χ0n) is 10.00. The van der Waals surface area contributed by atoms with Crippen molar-refractivity contribution in [1.82, 2.24) is 10.2 Å². The fourth-order valence-corrected chi connectivity index (χ4v) is 2.42. The van der Waals surface area contributed by atoms with E-state index in [1.165, 1.54) is 0 Å². The second kappa shape index (κ2) is 5.10. The summed E-state index contributed by atoms with van der Waals surface area (Å²) in [6.45, 7) is 4.00. The van der Waals surface area contributed by atoms with Gasteiger partial charge in [0.15, 0.2) is 0 Å². The molecule has 1 atom stereocenters. The Morgan fingerprint density at radius 2 is 2.06 bits per heavy atom. The molecule has 0 bridgehead atoms. The van der Waals surface area contributed by atoms with Crippen LogP contribution in [0.2, 0.25) is 0 Å². The van der Waals surface area contributed by atoms with Crippen molar-refractivity contribution in [3.63, 3.8) is 0 Å². The SMILES string of the molecule is CC1(c2ccccc2)CN(CC(F)F)CCN1. The molecule has 0 saturated carbocycles. The van der Waals surface area contributed by atoms with Gasteiger partial charge in [-0.05, 0) is 12.5 Å². The smallest absolute Gasteiger partial charge is 0.251 e. The third-order valence-electron chi connectivity index (χ3n) is 3.29. The highest BCUT2D eigenvalue weighted by atomic mass is 19.3. The van der Waals surface area contributed by atoms with E-state index in [1.54, 1.807) is 0 Å². The zero-order valence-corrected chi connectivity index (χ0v) is 10.00. The Morgan fingerprint density at radius 1 is 1.35 bits per heavy atom. The average Bonchev–Trinajstić information content (AvgIpc) is 2.29. The minimum atomic E-state index is -2.26. The topological polar surface area (TPSA) is 15.3 Å². The van der Waals surface area contributed by atoms with Crippen molar-refractivity contribution < 1.29 is 8.78 Å². The van der Waals surface area contributed by atoms with E-state index in [2.05, 4.69) is 12.2 Å². The van der Waals surface area contributed by atoms with Gasteiger partial charge in [0.25, 0.3) is 6.43 Å². The largest absolute Gasteiger partial charge is 0.305 e. The molecule has 2 rings (SSSR count). The lowest BCUT2D eigenvalue weighted by Crippen LogP contribution is -2.57. The molecule has 4 heteroatoms. The summed E-state index contributed by atoms with van der Waals surface area (Å²) in [5.74, 6) is 0. The van der Waals surface area contributed by atoms with Gasteiger partial charge in [0.2, 0.25) is 0 Å². The molecule has 1 aliphatic rings.